The minimum absolute atomic E-state index is 0.111. The lowest BCUT2D eigenvalue weighted by Crippen LogP contribution is -2.34. The third-order valence-electron chi connectivity index (χ3n) is 6.37. The van der Waals surface area contributed by atoms with Gasteiger partial charge >= 0.3 is 0 Å². The fourth-order valence-corrected chi connectivity index (χ4v) is 4.94. The molecule has 3 N–H and O–H groups in total. The van der Waals surface area contributed by atoms with Crippen molar-refractivity contribution in [2.75, 3.05) is 37.7 Å². The number of aliphatic hydroxyl groups is 1. The van der Waals surface area contributed by atoms with E-state index in [1.807, 2.05) is 18.2 Å². The number of anilines is 1. The highest BCUT2D eigenvalue weighted by Crippen LogP contribution is 2.29. The molecular formula is C23H31ClN4O2. The van der Waals surface area contributed by atoms with Crippen molar-refractivity contribution >= 4 is 34.2 Å². The van der Waals surface area contributed by atoms with Gasteiger partial charge in [0.1, 0.15) is 5.82 Å². The zero-order valence-electron chi connectivity index (χ0n) is 17.4. The van der Waals surface area contributed by atoms with Crippen LogP contribution >= 0.6 is 11.6 Å². The number of halogens is 1. The molecule has 0 spiro atoms. The molecule has 1 aromatic carbocycles. The lowest BCUT2D eigenvalue weighted by molar-refractivity contribution is 0.0945. The van der Waals surface area contributed by atoms with Gasteiger partial charge in [-0.1, -0.05) is 30.9 Å². The average molecular weight is 431 g/mol. The number of pyridine rings is 1. The van der Waals surface area contributed by atoms with Crippen LogP contribution in [0.3, 0.4) is 0 Å². The molecule has 4 rings (SSSR count). The Bertz CT molecular complexity index is 885. The molecule has 162 valence electrons. The Morgan fingerprint density at radius 3 is 2.80 bits per heavy atom. The van der Waals surface area contributed by atoms with Gasteiger partial charge < -0.3 is 20.6 Å². The van der Waals surface area contributed by atoms with E-state index >= 15 is 0 Å². The second-order valence-corrected chi connectivity index (χ2v) is 8.89. The summed E-state index contributed by atoms with van der Waals surface area (Å²) in [4.78, 5) is 20.0. The van der Waals surface area contributed by atoms with Crippen molar-refractivity contribution in [3.63, 3.8) is 0 Å². The fourth-order valence-electron chi connectivity index (χ4n) is 4.69. The Hall–Kier alpha value is -1.89. The molecule has 1 amide bonds. The summed E-state index contributed by atoms with van der Waals surface area (Å²) in [5, 5.41) is 16.7. The van der Waals surface area contributed by atoms with Crippen molar-refractivity contribution in [1.82, 2.24) is 15.6 Å². The van der Waals surface area contributed by atoms with Crippen molar-refractivity contribution in [1.29, 1.82) is 0 Å². The van der Waals surface area contributed by atoms with Crippen LogP contribution in [0.15, 0.2) is 24.3 Å². The lowest BCUT2D eigenvalue weighted by Gasteiger charge is -2.22. The van der Waals surface area contributed by atoms with Crippen LogP contribution in [0.2, 0.25) is 5.02 Å². The predicted octanol–water partition coefficient (Wildman–Crippen LogP) is 3.36. The van der Waals surface area contributed by atoms with Gasteiger partial charge in [0.25, 0.3) is 5.91 Å². The van der Waals surface area contributed by atoms with E-state index in [0.717, 1.165) is 36.2 Å². The molecular weight excluding hydrogens is 400 g/mol. The number of carbonyl (C=O) groups is 1. The van der Waals surface area contributed by atoms with E-state index in [0.29, 0.717) is 35.6 Å². The number of nitrogens with zero attached hydrogens (tertiary/aromatic N) is 2. The number of fused-ring (bicyclic) bond motifs is 1. The average Bonchev–Trinajstić information content (AvgIpc) is 3.25. The van der Waals surface area contributed by atoms with Crippen LogP contribution in [0.25, 0.3) is 10.9 Å². The molecule has 2 heterocycles. The zero-order valence-corrected chi connectivity index (χ0v) is 18.1. The number of carbonyl (C=O) groups excluding carboxylic acids is 1. The molecule has 1 aliphatic carbocycles. The number of rotatable bonds is 7. The first-order valence-electron chi connectivity index (χ1n) is 11.1. The number of aromatic nitrogens is 1. The summed E-state index contributed by atoms with van der Waals surface area (Å²) in [7, 11) is 0. The molecule has 30 heavy (non-hydrogen) atoms. The van der Waals surface area contributed by atoms with Crippen molar-refractivity contribution in [2.24, 2.45) is 5.92 Å². The lowest BCUT2D eigenvalue weighted by atomic mass is 9.89. The number of nitrogens with one attached hydrogen (secondary N) is 2. The van der Waals surface area contributed by atoms with Crippen molar-refractivity contribution in [3.05, 3.63) is 34.9 Å². The van der Waals surface area contributed by atoms with Gasteiger partial charge in [0.2, 0.25) is 0 Å². The second-order valence-electron chi connectivity index (χ2n) is 8.48. The van der Waals surface area contributed by atoms with E-state index < -0.39 is 0 Å². The highest BCUT2D eigenvalue weighted by molar-refractivity contribution is 6.35. The van der Waals surface area contributed by atoms with Gasteiger partial charge in [-0.25, -0.2) is 4.98 Å². The first-order valence-corrected chi connectivity index (χ1v) is 11.5. The Morgan fingerprint density at radius 2 is 2.00 bits per heavy atom. The third kappa shape index (κ3) is 4.88. The van der Waals surface area contributed by atoms with Crippen molar-refractivity contribution < 1.29 is 9.90 Å². The minimum atomic E-state index is -0.111. The number of hydrogen-bond acceptors (Lipinski definition) is 5. The highest BCUT2D eigenvalue weighted by atomic mass is 35.5. The number of amides is 1. The van der Waals surface area contributed by atoms with Gasteiger partial charge in [0.15, 0.2) is 0 Å². The minimum Gasteiger partial charge on any atom is -0.395 e. The van der Waals surface area contributed by atoms with Gasteiger partial charge in [-0.3, -0.25) is 4.79 Å². The summed E-state index contributed by atoms with van der Waals surface area (Å²) in [6.07, 6.45) is 7.24. The smallest absolute Gasteiger partial charge is 0.253 e. The number of benzene rings is 1. The van der Waals surface area contributed by atoms with Crippen LogP contribution in [0.4, 0.5) is 5.82 Å². The first-order chi connectivity index (χ1) is 14.7. The third-order valence-corrected chi connectivity index (χ3v) is 6.68. The maximum absolute atomic E-state index is 12.9. The van der Waals surface area contributed by atoms with E-state index in [9.17, 15) is 4.79 Å². The van der Waals surface area contributed by atoms with E-state index in [1.165, 1.54) is 32.1 Å². The van der Waals surface area contributed by atoms with Crippen LogP contribution in [0.5, 0.6) is 0 Å². The molecule has 0 unspecified atom stereocenters. The van der Waals surface area contributed by atoms with Gasteiger partial charge in [-0.15, -0.1) is 0 Å². The molecule has 7 heteroatoms. The molecule has 1 saturated carbocycles. The van der Waals surface area contributed by atoms with E-state index in [2.05, 4.69) is 15.5 Å². The second kappa shape index (κ2) is 9.94. The van der Waals surface area contributed by atoms with Gasteiger partial charge in [-0.2, -0.15) is 0 Å². The largest absolute Gasteiger partial charge is 0.395 e. The Balaban J connectivity index is 1.49. The summed E-state index contributed by atoms with van der Waals surface area (Å²) in [6.45, 7) is 3.26. The topological polar surface area (TPSA) is 77.5 Å². The molecule has 2 fully saturated rings. The maximum Gasteiger partial charge on any atom is 0.253 e. The van der Waals surface area contributed by atoms with Gasteiger partial charge in [-0.05, 0) is 49.4 Å². The molecule has 1 atom stereocenters. The summed E-state index contributed by atoms with van der Waals surface area (Å²) in [6, 6.07) is 7.96. The summed E-state index contributed by atoms with van der Waals surface area (Å²) >= 11 is 6.43. The molecule has 1 saturated heterocycles. The fraction of sp³-hybridized carbons (Fsp3) is 0.565. The van der Waals surface area contributed by atoms with Crippen LogP contribution in [0, 0.1) is 5.92 Å². The van der Waals surface area contributed by atoms with Crippen molar-refractivity contribution in [3.8, 4) is 0 Å². The van der Waals surface area contributed by atoms with E-state index in [4.69, 9.17) is 21.7 Å². The Labute approximate surface area is 183 Å². The predicted molar refractivity (Wildman–Crippen MR) is 121 cm³/mol. The monoisotopic (exact) mass is 430 g/mol. The van der Waals surface area contributed by atoms with Crippen LogP contribution < -0.4 is 15.5 Å². The Kier molecular flexibility index (Phi) is 7.08. The molecule has 0 radical (unpaired) electrons. The summed E-state index contributed by atoms with van der Waals surface area (Å²) < 4.78 is 0. The van der Waals surface area contributed by atoms with Crippen LogP contribution in [0.1, 0.15) is 48.9 Å². The summed E-state index contributed by atoms with van der Waals surface area (Å²) in [5.74, 6) is 1.37. The maximum atomic E-state index is 12.9. The highest BCUT2D eigenvalue weighted by Gasteiger charge is 2.24. The van der Waals surface area contributed by atoms with E-state index in [-0.39, 0.29) is 12.5 Å². The van der Waals surface area contributed by atoms with Crippen LogP contribution in [-0.4, -0.2) is 54.8 Å². The number of aliphatic hydroxyl groups excluding tert-OH is 1. The normalized spacial score (nSPS) is 20.1. The molecule has 6 nitrogen and oxygen atoms in total. The standard InChI is InChI=1S/C23H31ClN4O2/c24-19-7-8-20-18(22(19)23(30)26-14-16-4-2-1-3-5-16)6-9-21(27-20)28-12-10-17(15-28)25-11-13-29/h6-9,16-17,25,29H,1-5,10-15H2,(H,26,30)/t17-/m0/s1. The molecule has 1 aromatic heterocycles. The molecule has 2 aromatic rings. The number of hydrogen-bond donors (Lipinski definition) is 3. The Morgan fingerprint density at radius 1 is 1.17 bits per heavy atom. The van der Waals surface area contributed by atoms with Gasteiger partial charge in [0, 0.05) is 37.6 Å². The molecule has 2 aliphatic rings. The zero-order chi connectivity index (χ0) is 20.9. The van der Waals surface area contributed by atoms with Gasteiger partial charge in [0.05, 0.1) is 22.7 Å². The quantitative estimate of drug-likeness (QED) is 0.627. The van der Waals surface area contributed by atoms with Crippen LogP contribution in [-0.2, 0) is 0 Å². The SMILES string of the molecule is O=C(NCC1CCCCC1)c1c(Cl)ccc2nc(N3CC[C@H](NCCO)C3)ccc12. The molecule has 0 bridgehead atoms. The van der Waals surface area contributed by atoms with Crippen molar-refractivity contribution in [2.45, 2.75) is 44.6 Å². The summed E-state index contributed by atoms with van der Waals surface area (Å²) in [5.41, 5.74) is 1.31. The first kappa shape index (κ1) is 21.3. The van der Waals surface area contributed by atoms with E-state index in [1.54, 1.807) is 6.07 Å². The molecule has 1 aliphatic heterocycles.